The van der Waals surface area contributed by atoms with E-state index in [-0.39, 0.29) is 68.1 Å². The second-order valence-corrected chi connectivity index (χ2v) is 12.1. The molecule has 1 heterocycles. The highest BCUT2D eigenvalue weighted by Gasteiger charge is 2.24. The summed E-state index contributed by atoms with van der Waals surface area (Å²) in [6.07, 6.45) is 0. The van der Waals surface area contributed by atoms with E-state index in [1.807, 2.05) is 54.6 Å². The maximum Gasteiger partial charge on any atom is 0.143 e. The largest absolute Gasteiger partial charge is 0.455 e. The first kappa shape index (κ1) is 18.1. The van der Waals surface area contributed by atoms with E-state index in [4.69, 9.17) is 13.0 Å². The van der Waals surface area contributed by atoms with Crippen LogP contribution in [0, 0.1) is 0 Å². The average Bonchev–Trinajstić information content (AvgIpc) is 3.21. The Morgan fingerprint density at radius 3 is 2.00 bits per heavy atom. The van der Waals surface area contributed by atoms with Crippen molar-refractivity contribution in [3.63, 3.8) is 0 Å². The van der Waals surface area contributed by atoms with Gasteiger partial charge in [0.25, 0.3) is 0 Å². The van der Waals surface area contributed by atoms with Gasteiger partial charge in [-0.15, -0.1) is 0 Å². The van der Waals surface area contributed by atoms with Crippen molar-refractivity contribution < 1.29 is 17.1 Å². The molecule has 0 amide bonds. The first-order valence-corrected chi connectivity index (χ1v) is 15.5. The van der Waals surface area contributed by atoms with Crippen LogP contribution in [0.1, 0.15) is 12.3 Å². The van der Waals surface area contributed by atoms with Crippen molar-refractivity contribution in [1.82, 2.24) is 0 Å². The molecule has 10 aromatic carbocycles. The van der Waals surface area contributed by atoms with Gasteiger partial charge in [-0.05, 0) is 99.9 Å². The van der Waals surface area contributed by atoms with Crippen molar-refractivity contribution in [2.45, 2.75) is 0 Å². The van der Waals surface area contributed by atoms with Gasteiger partial charge in [-0.3, -0.25) is 0 Å². The Labute approximate surface area is 283 Å². The fourth-order valence-corrected chi connectivity index (χ4v) is 7.54. The van der Waals surface area contributed by atoms with Crippen LogP contribution in [0.15, 0.2) is 158 Å². The zero-order chi connectivity index (χ0) is 38.5. The molecule has 0 fully saturated rings. The zero-order valence-electron chi connectivity index (χ0n) is 33.7. The molecule has 1 aliphatic heterocycles. The lowest BCUT2D eigenvalue weighted by atomic mass is 9.87. The summed E-state index contributed by atoms with van der Waals surface area (Å²) in [7, 11) is 0. The molecule has 0 radical (unpaired) electrons. The fraction of sp³-hybridized carbons (Fsp3) is 0. The summed E-state index contributed by atoms with van der Waals surface area (Å²) in [6.45, 7) is 0. The third kappa shape index (κ3) is 3.43. The molecule has 11 rings (SSSR count). The van der Waals surface area contributed by atoms with Crippen LogP contribution in [-0.4, -0.2) is 0 Å². The quantitative estimate of drug-likeness (QED) is 0.179. The fourth-order valence-electron chi connectivity index (χ4n) is 7.54. The highest BCUT2D eigenvalue weighted by Crippen LogP contribution is 2.51. The minimum atomic E-state index is -0.492. The van der Waals surface area contributed by atoms with Crippen LogP contribution in [0.3, 0.4) is 0 Å². The van der Waals surface area contributed by atoms with Gasteiger partial charge in [0.1, 0.15) is 11.5 Å². The molecule has 0 bridgehead atoms. The lowest BCUT2D eigenvalue weighted by Gasteiger charge is -2.24. The summed E-state index contributed by atoms with van der Waals surface area (Å²) in [5.41, 5.74) is 4.73. The second-order valence-electron chi connectivity index (χ2n) is 12.1. The van der Waals surface area contributed by atoms with E-state index in [0.717, 1.165) is 66.1 Å². The van der Waals surface area contributed by atoms with Crippen molar-refractivity contribution in [2.24, 2.45) is 0 Å². The lowest BCUT2D eigenvalue weighted by molar-refractivity contribution is 0.493. The molecule has 1 aliphatic rings. The van der Waals surface area contributed by atoms with Gasteiger partial charge in [0.05, 0.1) is 12.3 Å². The molecule has 0 spiro atoms. The molecular formula is C46H26O. The van der Waals surface area contributed by atoms with Crippen LogP contribution in [0.5, 0.6) is 11.5 Å². The van der Waals surface area contributed by atoms with Gasteiger partial charge in [0.2, 0.25) is 0 Å². The summed E-state index contributed by atoms with van der Waals surface area (Å²) in [6, 6.07) is 31.2. The summed E-state index contributed by atoms with van der Waals surface area (Å²) < 4.78 is 87.1. The zero-order valence-corrected chi connectivity index (χ0v) is 24.7. The second kappa shape index (κ2) is 9.19. The molecule has 10 aromatic rings. The Hall–Kier alpha value is -6.18. The van der Waals surface area contributed by atoms with Crippen molar-refractivity contribution in [1.29, 1.82) is 0 Å². The maximum atomic E-state index is 9.33. The number of hydrogen-bond acceptors (Lipinski definition) is 1. The van der Waals surface area contributed by atoms with Gasteiger partial charge in [-0.25, -0.2) is 0 Å². The van der Waals surface area contributed by atoms with E-state index in [1.165, 1.54) is 0 Å². The Morgan fingerprint density at radius 2 is 1.06 bits per heavy atom. The third-order valence-corrected chi connectivity index (χ3v) is 9.66. The average molecular weight is 604 g/mol. The first-order valence-electron chi connectivity index (χ1n) is 20.0. The number of fused-ring (bicyclic) bond motifs is 5. The summed E-state index contributed by atoms with van der Waals surface area (Å²) >= 11 is 0. The molecular weight excluding hydrogens is 569 g/mol. The molecule has 0 unspecified atom stereocenters. The Kier molecular flexibility index (Phi) is 3.54. The van der Waals surface area contributed by atoms with Crippen LogP contribution in [0.25, 0.3) is 98.0 Å². The summed E-state index contributed by atoms with van der Waals surface area (Å²) in [5.74, 6) is 1.60. The normalized spacial score (nSPS) is 15.1. The number of rotatable bonds is 2. The molecule has 216 valence electrons. The maximum absolute atomic E-state index is 9.33. The van der Waals surface area contributed by atoms with Crippen LogP contribution >= 0.6 is 0 Å². The molecule has 0 aliphatic carbocycles. The van der Waals surface area contributed by atoms with Crippen molar-refractivity contribution in [2.75, 3.05) is 0 Å². The van der Waals surface area contributed by atoms with Gasteiger partial charge in [-0.1, -0.05) is 139 Å². The molecule has 0 saturated heterocycles. The van der Waals surface area contributed by atoms with Crippen LogP contribution in [-0.2, 0) is 0 Å². The summed E-state index contributed by atoms with van der Waals surface area (Å²) in [4.78, 5) is 0. The topological polar surface area (TPSA) is 9.23 Å². The number of ether oxygens (including phenoxy) is 1. The highest BCUT2D eigenvalue weighted by atomic mass is 16.5. The Balaban J connectivity index is 1.20. The molecule has 0 saturated carbocycles. The highest BCUT2D eigenvalue weighted by molar-refractivity contribution is 6.25. The smallest absolute Gasteiger partial charge is 0.143 e. The molecule has 0 atom stereocenters. The molecule has 0 N–H and O–H groups in total. The van der Waals surface area contributed by atoms with E-state index in [1.54, 1.807) is 0 Å². The third-order valence-electron chi connectivity index (χ3n) is 9.66. The van der Waals surface area contributed by atoms with Crippen LogP contribution in [0.2, 0.25) is 0 Å². The SMILES string of the molecule is [2H]c1c([2H])c2c([2H])c([2H])c3c([2H])c([2H])c(-c4ccc5cccc(-c6ccc7c8c(cccc68)-c6ccc8ccccc8c6O7)c5c4)c4c([2H])c([2H])c(c1[2H])c2c34. The van der Waals surface area contributed by atoms with E-state index in [9.17, 15) is 4.11 Å². The van der Waals surface area contributed by atoms with Gasteiger partial charge in [-0.2, -0.15) is 0 Å². The van der Waals surface area contributed by atoms with Gasteiger partial charge in [0, 0.05) is 16.3 Å². The van der Waals surface area contributed by atoms with Crippen LogP contribution < -0.4 is 4.74 Å². The van der Waals surface area contributed by atoms with Crippen molar-refractivity contribution in [3.05, 3.63) is 158 Å². The van der Waals surface area contributed by atoms with E-state index in [2.05, 4.69) is 48.5 Å². The van der Waals surface area contributed by atoms with Gasteiger partial charge < -0.3 is 4.74 Å². The number of benzene rings is 10. The van der Waals surface area contributed by atoms with Gasteiger partial charge >= 0.3 is 0 Å². The van der Waals surface area contributed by atoms with Crippen molar-refractivity contribution >= 4 is 64.6 Å². The first-order chi connectivity index (χ1) is 27.1. The predicted molar refractivity (Wildman–Crippen MR) is 199 cm³/mol. The van der Waals surface area contributed by atoms with E-state index in [0.29, 0.717) is 5.56 Å². The molecule has 1 nitrogen and oxygen atoms in total. The monoisotopic (exact) mass is 603 g/mol. The molecule has 1 heteroatoms. The van der Waals surface area contributed by atoms with Gasteiger partial charge in [0.15, 0.2) is 0 Å². The Morgan fingerprint density at radius 1 is 0.383 bits per heavy atom. The van der Waals surface area contributed by atoms with E-state index >= 15 is 0 Å². The number of hydrogen-bond donors (Lipinski definition) is 0. The minimum Gasteiger partial charge on any atom is -0.455 e. The summed E-state index contributed by atoms with van der Waals surface area (Å²) in [5, 5.41) is 6.25. The Bertz CT molecular complexity index is 3420. The molecule has 0 aromatic heterocycles. The minimum absolute atomic E-state index is 0.0386. The standard InChI is InChI=1S/C46H26O/c1-2-10-34-27(6-1)18-23-40-38-13-5-12-37-36(24-25-42(45(37)38)47-46(34)40)35-11-4-7-28-14-17-32(26-41(28)35)33-21-19-31-16-15-29-8-3-9-30-20-22-39(33)44(31)43(29)30/h1-26H/i3D,8D,9D,15D,16D,19D,20D,21D,22D. The van der Waals surface area contributed by atoms with Crippen molar-refractivity contribution in [3.8, 4) is 44.9 Å². The van der Waals surface area contributed by atoms with E-state index < -0.39 is 24.2 Å². The lowest BCUT2D eigenvalue weighted by Crippen LogP contribution is -1.99. The van der Waals surface area contributed by atoms with Crippen LogP contribution in [0.4, 0.5) is 0 Å². The molecule has 47 heavy (non-hydrogen) atoms. The predicted octanol–water partition coefficient (Wildman–Crippen LogP) is 13.2.